The highest BCUT2D eigenvalue weighted by atomic mass is 79.9. The average molecular weight is 269 g/mol. The molecule has 2 aromatic heterocycles. The lowest BCUT2D eigenvalue weighted by atomic mass is 10.3. The number of hydrogen-bond donors (Lipinski definition) is 2. The van der Waals surface area contributed by atoms with E-state index in [0.717, 1.165) is 5.56 Å². The molecule has 0 aliphatic carbocycles. The Morgan fingerprint density at radius 1 is 1.47 bits per heavy atom. The van der Waals surface area contributed by atoms with Gasteiger partial charge in [-0.05, 0) is 39.7 Å². The van der Waals surface area contributed by atoms with Gasteiger partial charge in [-0.3, -0.25) is 4.79 Å². The first-order valence-corrected chi connectivity index (χ1v) is 5.20. The number of carbonyl (C=O) groups excluding carboxylic acids is 1. The predicted octanol–water partition coefficient (Wildman–Crippen LogP) is 2.30. The third-order valence-corrected chi connectivity index (χ3v) is 2.34. The average Bonchev–Trinajstić information content (AvgIpc) is 2.84. The normalized spacial score (nSPS) is 10.2. The Labute approximate surface area is 94.8 Å². The second-order valence-electron chi connectivity index (χ2n) is 3.01. The van der Waals surface area contributed by atoms with E-state index in [0.29, 0.717) is 17.0 Å². The number of hydrogen-bond acceptors (Lipinski definition) is 2. The Bertz CT molecular complexity index is 448. The van der Waals surface area contributed by atoms with E-state index in [9.17, 15) is 4.79 Å². The lowest BCUT2D eigenvalue weighted by Crippen LogP contribution is -2.21. The molecule has 0 bridgehead atoms. The molecule has 0 saturated heterocycles. The number of amides is 1. The number of rotatable bonds is 3. The highest BCUT2D eigenvalue weighted by molar-refractivity contribution is 9.10. The van der Waals surface area contributed by atoms with Gasteiger partial charge in [-0.25, -0.2) is 0 Å². The smallest absolute Gasteiger partial charge is 0.287 e. The zero-order chi connectivity index (χ0) is 10.7. The second kappa shape index (κ2) is 4.35. The summed E-state index contributed by atoms with van der Waals surface area (Å²) in [4.78, 5) is 14.4. The fraction of sp³-hybridized carbons (Fsp3) is 0.100. The van der Waals surface area contributed by atoms with Crippen molar-refractivity contribution in [1.82, 2.24) is 10.3 Å². The minimum absolute atomic E-state index is 0.220. The Balaban J connectivity index is 1.93. The molecule has 0 atom stereocenters. The second-order valence-corrected chi connectivity index (χ2v) is 3.79. The van der Waals surface area contributed by atoms with Gasteiger partial charge < -0.3 is 14.7 Å². The molecule has 0 saturated carbocycles. The maximum absolute atomic E-state index is 11.5. The van der Waals surface area contributed by atoms with E-state index in [4.69, 9.17) is 4.42 Å². The summed E-state index contributed by atoms with van der Waals surface area (Å²) in [7, 11) is 0. The molecule has 0 spiro atoms. The number of aromatic amines is 1. The summed E-state index contributed by atoms with van der Waals surface area (Å²) in [6.07, 6.45) is 3.64. The molecular weight excluding hydrogens is 260 g/mol. The van der Waals surface area contributed by atoms with Crippen molar-refractivity contribution in [2.45, 2.75) is 6.54 Å². The Hall–Kier alpha value is -1.49. The van der Waals surface area contributed by atoms with Crippen molar-refractivity contribution >= 4 is 21.8 Å². The quantitative estimate of drug-likeness (QED) is 0.898. The molecule has 2 heterocycles. The summed E-state index contributed by atoms with van der Waals surface area (Å²) in [6.45, 7) is 0.487. The minimum atomic E-state index is -0.220. The lowest BCUT2D eigenvalue weighted by Gasteiger charge is -2.00. The van der Waals surface area contributed by atoms with Gasteiger partial charge in [0.05, 0.1) is 0 Å². The number of H-pyrrole nitrogens is 1. The SMILES string of the molecule is O=C(NCc1cc[nH]c1)c1ccc(Br)o1. The van der Waals surface area contributed by atoms with E-state index in [-0.39, 0.29) is 5.91 Å². The van der Waals surface area contributed by atoms with Crippen molar-refractivity contribution in [2.75, 3.05) is 0 Å². The third-order valence-electron chi connectivity index (χ3n) is 1.91. The Kier molecular flexibility index (Phi) is 2.91. The lowest BCUT2D eigenvalue weighted by molar-refractivity contribution is 0.0922. The molecule has 0 radical (unpaired) electrons. The summed E-state index contributed by atoms with van der Waals surface area (Å²) in [5, 5.41) is 2.74. The summed E-state index contributed by atoms with van der Waals surface area (Å²) in [6, 6.07) is 5.21. The highest BCUT2D eigenvalue weighted by Crippen LogP contribution is 2.13. The molecule has 2 N–H and O–H groups in total. The number of furan rings is 1. The topological polar surface area (TPSA) is 58.0 Å². The van der Waals surface area contributed by atoms with Gasteiger partial charge >= 0.3 is 0 Å². The van der Waals surface area contributed by atoms with Gasteiger partial charge in [0.1, 0.15) is 0 Å². The highest BCUT2D eigenvalue weighted by Gasteiger charge is 2.09. The van der Waals surface area contributed by atoms with Gasteiger partial charge in [0.15, 0.2) is 10.4 Å². The molecule has 78 valence electrons. The fourth-order valence-electron chi connectivity index (χ4n) is 1.17. The molecule has 0 aliphatic rings. The van der Waals surface area contributed by atoms with E-state index in [2.05, 4.69) is 26.2 Å². The molecule has 0 aliphatic heterocycles. The first kappa shape index (κ1) is 10.0. The van der Waals surface area contributed by atoms with Crippen LogP contribution in [0.2, 0.25) is 0 Å². The van der Waals surface area contributed by atoms with Crippen molar-refractivity contribution in [3.8, 4) is 0 Å². The van der Waals surface area contributed by atoms with E-state index >= 15 is 0 Å². The first-order valence-electron chi connectivity index (χ1n) is 4.41. The molecule has 0 fully saturated rings. The minimum Gasteiger partial charge on any atom is -0.444 e. The van der Waals surface area contributed by atoms with Crippen molar-refractivity contribution in [3.05, 3.63) is 46.6 Å². The molecule has 5 heteroatoms. The van der Waals surface area contributed by atoms with E-state index in [1.54, 1.807) is 12.1 Å². The molecule has 2 rings (SSSR count). The van der Waals surface area contributed by atoms with E-state index in [1.165, 1.54) is 0 Å². The van der Waals surface area contributed by atoms with Crippen LogP contribution in [-0.2, 0) is 6.54 Å². The fourth-order valence-corrected chi connectivity index (χ4v) is 1.48. The van der Waals surface area contributed by atoms with Crippen LogP contribution >= 0.6 is 15.9 Å². The van der Waals surface area contributed by atoms with Gasteiger partial charge in [0, 0.05) is 18.9 Å². The summed E-state index contributed by atoms with van der Waals surface area (Å²) in [5.74, 6) is 0.0827. The maximum atomic E-state index is 11.5. The van der Waals surface area contributed by atoms with Crippen LogP contribution in [0.4, 0.5) is 0 Å². The van der Waals surface area contributed by atoms with Gasteiger partial charge in [0.25, 0.3) is 5.91 Å². The zero-order valence-corrected chi connectivity index (χ0v) is 9.37. The number of carbonyl (C=O) groups is 1. The molecule has 0 unspecified atom stereocenters. The van der Waals surface area contributed by atoms with Crippen molar-refractivity contribution in [1.29, 1.82) is 0 Å². The molecular formula is C10H9BrN2O2. The van der Waals surface area contributed by atoms with Crippen molar-refractivity contribution in [2.24, 2.45) is 0 Å². The summed E-state index contributed by atoms with van der Waals surface area (Å²) in [5.41, 5.74) is 1.02. The predicted molar refractivity (Wildman–Crippen MR) is 58.4 cm³/mol. The maximum Gasteiger partial charge on any atom is 0.287 e. The van der Waals surface area contributed by atoms with Crippen molar-refractivity contribution < 1.29 is 9.21 Å². The monoisotopic (exact) mass is 268 g/mol. The van der Waals surface area contributed by atoms with Crippen LogP contribution < -0.4 is 5.32 Å². The standard InChI is InChI=1S/C10H9BrN2O2/c11-9-2-1-8(15-9)10(14)13-6-7-3-4-12-5-7/h1-5,12H,6H2,(H,13,14). The molecule has 0 aromatic carbocycles. The zero-order valence-electron chi connectivity index (χ0n) is 7.79. The van der Waals surface area contributed by atoms with Crippen LogP contribution in [0.3, 0.4) is 0 Å². The molecule has 2 aromatic rings. The van der Waals surface area contributed by atoms with Gasteiger partial charge in [0.2, 0.25) is 0 Å². The van der Waals surface area contributed by atoms with Crippen LogP contribution in [-0.4, -0.2) is 10.9 Å². The molecule has 4 nitrogen and oxygen atoms in total. The van der Waals surface area contributed by atoms with Crippen LogP contribution in [0.15, 0.2) is 39.7 Å². The van der Waals surface area contributed by atoms with E-state index in [1.807, 2.05) is 18.5 Å². The van der Waals surface area contributed by atoms with Crippen LogP contribution in [0.1, 0.15) is 16.1 Å². The van der Waals surface area contributed by atoms with Crippen LogP contribution in [0, 0.1) is 0 Å². The Morgan fingerprint density at radius 3 is 2.93 bits per heavy atom. The third kappa shape index (κ3) is 2.50. The number of halogens is 1. The van der Waals surface area contributed by atoms with Gasteiger partial charge in [-0.2, -0.15) is 0 Å². The van der Waals surface area contributed by atoms with E-state index < -0.39 is 0 Å². The van der Waals surface area contributed by atoms with Gasteiger partial charge in [-0.1, -0.05) is 0 Å². The van der Waals surface area contributed by atoms with Gasteiger partial charge in [-0.15, -0.1) is 0 Å². The Morgan fingerprint density at radius 2 is 2.33 bits per heavy atom. The first-order chi connectivity index (χ1) is 7.25. The van der Waals surface area contributed by atoms with Crippen LogP contribution in [0.5, 0.6) is 0 Å². The number of aromatic nitrogens is 1. The molecule has 15 heavy (non-hydrogen) atoms. The molecule has 1 amide bonds. The van der Waals surface area contributed by atoms with Crippen molar-refractivity contribution in [3.63, 3.8) is 0 Å². The largest absolute Gasteiger partial charge is 0.444 e. The summed E-state index contributed by atoms with van der Waals surface area (Å²) >= 11 is 3.14. The van der Waals surface area contributed by atoms with Crippen LogP contribution in [0.25, 0.3) is 0 Å². The number of nitrogens with one attached hydrogen (secondary N) is 2. The summed E-state index contributed by atoms with van der Waals surface area (Å²) < 4.78 is 5.66.